The zero-order valence-electron chi connectivity index (χ0n) is 9.85. The molecule has 5 unspecified atom stereocenters. The second-order valence-corrected chi connectivity index (χ2v) is 5.68. The van der Waals surface area contributed by atoms with E-state index in [2.05, 4.69) is 6.92 Å². The molecule has 5 atom stereocenters. The van der Waals surface area contributed by atoms with Crippen LogP contribution in [0.1, 0.15) is 39.0 Å². The lowest BCUT2D eigenvalue weighted by Crippen LogP contribution is -2.53. The first-order valence-corrected chi connectivity index (χ1v) is 6.50. The van der Waals surface area contributed by atoms with E-state index in [1.807, 2.05) is 0 Å². The number of carbonyl (C=O) groups excluding carboxylic acids is 1. The quantitative estimate of drug-likeness (QED) is 0.541. The molecule has 0 N–H and O–H groups in total. The van der Waals surface area contributed by atoms with Crippen LogP contribution in [0.25, 0.3) is 0 Å². The highest BCUT2D eigenvalue weighted by Gasteiger charge is 2.51. The fraction of sp³-hybridized carbons (Fsp3) is 0.923. The van der Waals surface area contributed by atoms with Crippen molar-refractivity contribution in [3.05, 3.63) is 0 Å². The fourth-order valence-electron chi connectivity index (χ4n) is 3.47. The number of rotatable bonds is 4. The Balaban J connectivity index is 1.61. The summed E-state index contributed by atoms with van der Waals surface area (Å²) >= 11 is 0. The first-order chi connectivity index (χ1) is 7.77. The molecule has 0 amide bonds. The van der Waals surface area contributed by atoms with Gasteiger partial charge in [0.1, 0.15) is 12.4 Å². The van der Waals surface area contributed by atoms with Crippen LogP contribution in [-0.4, -0.2) is 31.2 Å². The lowest BCUT2D eigenvalue weighted by molar-refractivity contribution is -0.191. The van der Waals surface area contributed by atoms with Crippen LogP contribution in [0.4, 0.5) is 0 Å². The summed E-state index contributed by atoms with van der Waals surface area (Å²) in [5.41, 5.74) is 0.147. The molecular formula is C13H20O3. The molecule has 0 spiro atoms. The SMILES string of the molecule is CCC1(CC2CCC3OC3C2)COC1C=O. The summed E-state index contributed by atoms with van der Waals surface area (Å²) in [5.74, 6) is 0.745. The molecule has 1 saturated carbocycles. The molecule has 2 aliphatic heterocycles. The van der Waals surface area contributed by atoms with Crippen LogP contribution < -0.4 is 0 Å². The zero-order valence-corrected chi connectivity index (χ0v) is 9.85. The average Bonchev–Trinajstić information content (AvgIpc) is 3.03. The van der Waals surface area contributed by atoms with Gasteiger partial charge in [-0.2, -0.15) is 0 Å². The van der Waals surface area contributed by atoms with Gasteiger partial charge in [0, 0.05) is 5.41 Å². The van der Waals surface area contributed by atoms with Gasteiger partial charge in [-0.3, -0.25) is 0 Å². The second-order valence-electron chi connectivity index (χ2n) is 5.68. The van der Waals surface area contributed by atoms with Crippen molar-refractivity contribution in [2.75, 3.05) is 6.61 Å². The lowest BCUT2D eigenvalue weighted by Gasteiger charge is -2.48. The van der Waals surface area contributed by atoms with E-state index in [0.717, 1.165) is 31.7 Å². The maximum absolute atomic E-state index is 10.9. The summed E-state index contributed by atoms with van der Waals surface area (Å²) in [7, 11) is 0. The van der Waals surface area contributed by atoms with Crippen LogP contribution in [0.5, 0.6) is 0 Å². The second kappa shape index (κ2) is 3.81. The first-order valence-electron chi connectivity index (χ1n) is 6.50. The predicted octanol–water partition coefficient (Wildman–Crippen LogP) is 1.94. The topological polar surface area (TPSA) is 38.8 Å². The molecule has 0 bridgehead atoms. The lowest BCUT2D eigenvalue weighted by atomic mass is 9.68. The van der Waals surface area contributed by atoms with Crippen LogP contribution in [0, 0.1) is 11.3 Å². The van der Waals surface area contributed by atoms with Crippen molar-refractivity contribution in [3.8, 4) is 0 Å². The zero-order chi connectivity index (χ0) is 11.2. The molecule has 0 aromatic rings. The molecule has 2 heterocycles. The molecule has 0 aromatic carbocycles. The Morgan fingerprint density at radius 1 is 1.38 bits per heavy atom. The number of hydrogen-bond acceptors (Lipinski definition) is 3. The van der Waals surface area contributed by atoms with Crippen molar-refractivity contribution in [2.24, 2.45) is 11.3 Å². The van der Waals surface area contributed by atoms with Crippen molar-refractivity contribution >= 4 is 6.29 Å². The summed E-state index contributed by atoms with van der Waals surface area (Å²) in [4.78, 5) is 10.9. The summed E-state index contributed by atoms with van der Waals surface area (Å²) in [6.07, 6.45) is 7.88. The molecule has 90 valence electrons. The number of epoxide rings is 1. The Labute approximate surface area is 96.5 Å². The number of carbonyl (C=O) groups is 1. The molecule has 16 heavy (non-hydrogen) atoms. The van der Waals surface area contributed by atoms with Crippen LogP contribution in [0.2, 0.25) is 0 Å². The third kappa shape index (κ3) is 1.61. The maximum atomic E-state index is 10.9. The fourth-order valence-corrected chi connectivity index (χ4v) is 3.47. The maximum Gasteiger partial charge on any atom is 0.149 e. The van der Waals surface area contributed by atoms with Crippen molar-refractivity contribution < 1.29 is 14.3 Å². The summed E-state index contributed by atoms with van der Waals surface area (Å²) in [6.45, 7) is 2.95. The number of hydrogen-bond donors (Lipinski definition) is 0. The monoisotopic (exact) mass is 224 g/mol. The standard InChI is InChI=1S/C13H20O3/c1-2-13(8-15-12(13)7-14)6-9-3-4-10-11(5-9)16-10/h7,9-12H,2-6,8H2,1H3. The Kier molecular flexibility index (Phi) is 2.55. The number of ether oxygens (including phenoxy) is 2. The van der Waals surface area contributed by atoms with Crippen LogP contribution in [-0.2, 0) is 14.3 Å². The molecule has 3 aliphatic rings. The minimum absolute atomic E-state index is 0.143. The van der Waals surface area contributed by atoms with E-state index in [1.165, 1.54) is 19.3 Å². The summed E-state index contributed by atoms with van der Waals surface area (Å²) in [5, 5.41) is 0. The highest BCUT2D eigenvalue weighted by atomic mass is 16.6. The van der Waals surface area contributed by atoms with Crippen molar-refractivity contribution in [1.29, 1.82) is 0 Å². The highest BCUT2D eigenvalue weighted by Crippen LogP contribution is 2.48. The molecule has 0 radical (unpaired) electrons. The minimum atomic E-state index is -0.143. The highest BCUT2D eigenvalue weighted by molar-refractivity contribution is 5.59. The Bertz CT molecular complexity index is 287. The summed E-state index contributed by atoms with van der Waals surface area (Å²) < 4.78 is 10.9. The largest absolute Gasteiger partial charge is 0.370 e. The molecule has 0 aromatic heterocycles. The van der Waals surface area contributed by atoms with Crippen molar-refractivity contribution in [2.45, 2.75) is 57.3 Å². The third-order valence-corrected chi connectivity index (χ3v) is 4.79. The first kappa shape index (κ1) is 10.7. The van der Waals surface area contributed by atoms with Crippen molar-refractivity contribution in [3.63, 3.8) is 0 Å². The van der Waals surface area contributed by atoms with Gasteiger partial charge in [-0.25, -0.2) is 0 Å². The van der Waals surface area contributed by atoms with Crippen LogP contribution in [0.15, 0.2) is 0 Å². The van der Waals surface area contributed by atoms with E-state index in [1.54, 1.807) is 0 Å². The molecule has 3 fully saturated rings. The van der Waals surface area contributed by atoms with Crippen LogP contribution >= 0.6 is 0 Å². The number of aldehydes is 1. The molecular weight excluding hydrogens is 204 g/mol. The predicted molar refractivity (Wildman–Crippen MR) is 59.1 cm³/mol. The minimum Gasteiger partial charge on any atom is -0.370 e. The molecule has 3 heteroatoms. The third-order valence-electron chi connectivity index (χ3n) is 4.79. The Morgan fingerprint density at radius 2 is 2.25 bits per heavy atom. The van der Waals surface area contributed by atoms with Gasteiger partial charge in [0.2, 0.25) is 0 Å². The van der Waals surface area contributed by atoms with Gasteiger partial charge < -0.3 is 14.3 Å². The van der Waals surface area contributed by atoms with Gasteiger partial charge in [-0.1, -0.05) is 6.92 Å². The van der Waals surface area contributed by atoms with E-state index in [-0.39, 0.29) is 11.5 Å². The van der Waals surface area contributed by atoms with E-state index < -0.39 is 0 Å². The molecule has 3 rings (SSSR count). The normalized spacial score (nSPS) is 50.3. The van der Waals surface area contributed by atoms with Crippen LogP contribution in [0.3, 0.4) is 0 Å². The molecule has 1 aliphatic carbocycles. The van der Waals surface area contributed by atoms with Gasteiger partial charge in [0.05, 0.1) is 18.8 Å². The Hall–Kier alpha value is -0.410. The summed E-state index contributed by atoms with van der Waals surface area (Å²) in [6, 6.07) is 0. The van der Waals surface area contributed by atoms with Gasteiger partial charge in [0.15, 0.2) is 0 Å². The van der Waals surface area contributed by atoms with Crippen molar-refractivity contribution in [1.82, 2.24) is 0 Å². The van der Waals surface area contributed by atoms with E-state index >= 15 is 0 Å². The smallest absolute Gasteiger partial charge is 0.149 e. The van der Waals surface area contributed by atoms with E-state index in [0.29, 0.717) is 12.2 Å². The molecule has 3 nitrogen and oxygen atoms in total. The van der Waals surface area contributed by atoms with Gasteiger partial charge in [-0.15, -0.1) is 0 Å². The molecule has 2 saturated heterocycles. The van der Waals surface area contributed by atoms with Gasteiger partial charge in [-0.05, 0) is 38.0 Å². The average molecular weight is 224 g/mol. The van der Waals surface area contributed by atoms with Gasteiger partial charge >= 0.3 is 0 Å². The number of fused-ring (bicyclic) bond motifs is 1. The van der Waals surface area contributed by atoms with E-state index in [9.17, 15) is 4.79 Å². The van der Waals surface area contributed by atoms with E-state index in [4.69, 9.17) is 9.47 Å². The Morgan fingerprint density at radius 3 is 2.81 bits per heavy atom. The van der Waals surface area contributed by atoms with Gasteiger partial charge in [0.25, 0.3) is 0 Å².